The highest BCUT2D eigenvalue weighted by Crippen LogP contribution is 2.23. The maximum absolute atomic E-state index is 11.9. The van der Waals surface area contributed by atoms with Crippen molar-refractivity contribution in [2.24, 2.45) is 0 Å². The van der Waals surface area contributed by atoms with Crippen molar-refractivity contribution in [2.75, 3.05) is 5.32 Å². The van der Waals surface area contributed by atoms with E-state index in [0.717, 1.165) is 5.56 Å². The molecule has 19 heavy (non-hydrogen) atoms. The van der Waals surface area contributed by atoms with Gasteiger partial charge in [-0.15, -0.1) is 0 Å². The van der Waals surface area contributed by atoms with Crippen LogP contribution in [0, 0.1) is 0 Å². The summed E-state index contributed by atoms with van der Waals surface area (Å²) < 4.78 is 0. The monoisotopic (exact) mass is 313 g/mol. The van der Waals surface area contributed by atoms with Crippen molar-refractivity contribution < 1.29 is 4.79 Å². The molecule has 5 heteroatoms. The minimum Gasteiger partial charge on any atom is -0.326 e. The molecule has 1 amide bonds. The molecule has 0 radical (unpaired) electrons. The number of carbonyl (C=O) groups is 1. The Morgan fingerprint density at radius 2 is 1.79 bits per heavy atom. The van der Waals surface area contributed by atoms with Crippen molar-refractivity contribution in [3.63, 3.8) is 0 Å². The first-order valence-corrected chi connectivity index (χ1v) is 6.67. The molecule has 2 rings (SSSR count). The van der Waals surface area contributed by atoms with Crippen LogP contribution in [0.3, 0.4) is 0 Å². The number of nitrogens with one attached hydrogen (secondary N) is 1. The molecule has 0 aliphatic rings. The van der Waals surface area contributed by atoms with Crippen molar-refractivity contribution in [1.29, 1.82) is 0 Å². The highest BCUT2D eigenvalue weighted by atomic mass is 35.5. The highest BCUT2D eigenvalue weighted by Gasteiger charge is 2.06. The second-order valence-corrected chi connectivity index (χ2v) is 5.23. The van der Waals surface area contributed by atoms with Crippen LogP contribution in [0.5, 0.6) is 0 Å². The van der Waals surface area contributed by atoms with Gasteiger partial charge in [0.25, 0.3) is 0 Å². The second-order valence-electron chi connectivity index (χ2n) is 3.98. The van der Waals surface area contributed by atoms with Gasteiger partial charge in [0.1, 0.15) is 0 Å². The van der Waals surface area contributed by atoms with Gasteiger partial charge in [0.05, 0.1) is 16.5 Å². The Hall–Kier alpha value is -1.22. The summed E-state index contributed by atoms with van der Waals surface area (Å²) in [4.78, 5) is 11.9. The van der Waals surface area contributed by atoms with E-state index in [2.05, 4.69) is 5.32 Å². The van der Waals surface area contributed by atoms with Crippen molar-refractivity contribution in [3.05, 3.63) is 63.1 Å². The first-order chi connectivity index (χ1) is 9.04. The van der Waals surface area contributed by atoms with Gasteiger partial charge in [-0.1, -0.05) is 46.9 Å². The molecule has 0 atom stereocenters. The average Bonchev–Trinajstić information content (AvgIpc) is 2.34. The fraction of sp³-hybridized carbons (Fsp3) is 0.0714. The van der Waals surface area contributed by atoms with Crippen LogP contribution in [-0.2, 0) is 11.2 Å². The molecule has 0 heterocycles. The zero-order valence-corrected chi connectivity index (χ0v) is 12.1. The van der Waals surface area contributed by atoms with Crippen molar-refractivity contribution >= 4 is 46.4 Å². The maximum Gasteiger partial charge on any atom is 0.228 e. The predicted octanol–water partition coefficient (Wildman–Crippen LogP) is 4.83. The molecule has 0 saturated heterocycles. The van der Waals surface area contributed by atoms with Crippen molar-refractivity contribution in [2.45, 2.75) is 6.42 Å². The largest absolute Gasteiger partial charge is 0.326 e. The first kappa shape index (κ1) is 14.2. The second kappa shape index (κ2) is 6.29. The minimum atomic E-state index is -0.138. The molecule has 0 spiro atoms. The number of benzene rings is 2. The first-order valence-electron chi connectivity index (χ1n) is 5.54. The van der Waals surface area contributed by atoms with E-state index in [9.17, 15) is 4.79 Å². The molecule has 0 aromatic heterocycles. The molecule has 0 saturated carbocycles. The van der Waals surface area contributed by atoms with Crippen LogP contribution in [0.2, 0.25) is 15.1 Å². The Labute approximate surface area is 126 Å². The van der Waals surface area contributed by atoms with Gasteiger partial charge in [0, 0.05) is 10.7 Å². The van der Waals surface area contributed by atoms with Crippen LogP contribution in [0.4, 0.5) is 5.69 Å². The van der Waals surface area contributed by atoms with Crippen LogP contribution in [-0.4, -0.2) is 5.91 Å². The van der Waals surface area contributed by atoms with Crippen LogP contribution in [0.15, 0.2) is 42.5 Å². The summed E-state index contributed by atoms with van der Waals surface area (Å²) in [7, 11) is 0. The summed E-state index contributed by atoms with van der Waals surface area (Å²) in [5, 5.41) is 4.25. The zero-order chi connectivity index (χ0) is 13.8. The molecule has 2 aromatic carbocycles. The lowest BCUT2D eigenvalue weighted by atomic mass is 10.1. The fourth-order valence-electron chi connectivity index (χ4n) is 1.61. The van der Waals surface area contributed by atoms with Crippen LogP contribution < -0.4 is 5.32 Å². The Bertz CT molecular complexity index is 613. The van der Waals surface area contributed by atoms with E-state index in [4.69, 9.17) is 34.8 Å². The molecule has 0 bridgehead atoms. The van der Waals surface area contributed by atoms with E-state index >= 15 is 0 Å². The average molecular weight is 315 g/mol. The minimum absolute atomic E-state index is 0.138. The smallest absolute Gasteiger partial charge is 0.228 e. The lowest BCUT2D eigenvalue weighted by Gasteiger charge is -2.06. The van der Waals surface area contributed by atoms with Crippen LogP contribution >= 0.6 is 34.8 Å². The van der Waals surface area contributed by atoms with E-state index in [1.54, 1.807) is 42.5 Å². The van der Waals surface area contributed by atoms with Gasteiger partial charge in [-0.25, -0.2) is 0 Å². The molecule has 0 aliphatic carbocycles. The molecular formula is C14H10Cl3NO. The van der Waals surface area contributed by atoms with E-state index in [0.29, 0.717) is 20.8 Å². The van der Waals surface area contributed by atoms with Crippen LogP contribution in [0.1, 0.15) is 5.56 Å². The number of rotatable bonds is 3. The fourth-order valence-corrected chi connectivity index (χ4v) is 2.12. The Morgan fingerprint density at radius 1 is 1.00 bits per heavy atom. The summed E-state index contributed by atoms with van der Waals surface area (Å²) in [6.07, 6.45) is 0.226. The number of halogens is 3. The lowest BCUT2D eigenvalue weighted by molar-refractivity contribution is -0.115. The van der Waals surface area contributed by atoms with Gasteiger partial charge in [0.15, 0.2) is 0 Å². The third-order valence-corrected chi connectivity index (χ3v) is 3.43. The summed E-state index contributed by atoms with van der Waals surface area (Å²) in [5.74, 6) is -0.138. The number of anilines is 1. The summed E-state index contributed by atoms with van der Waals surface area (Å²) >= 11 is 17.6. The van der Waals surface area contributed by atoms with Crippen molar-refractivity contribution in [3.8, 4) is 0 Å². The Kier molecular flexibility index (Phi) is 4.70. The van der Waals surface area contributed by atoms with Gasteiger partial charge in [-0.05, 0) is 35.9 Å². The molecular weight excluding hydrogens is 305 g/mol. The molecule has 2 aromatic rings. The topological polar surface area (TPSA) is 29.1 Å². The van der Waals surface area contributed by atoms with E-state index in [-0.39, 0.29) is 12.3 Å². The number of hydrogen-bond acceptors (Lipinski definition) is 1. The van der Waals surface area contributed by atoms with Gasteiger partial charge in [-0.3, -0.25) is 4.79 Å². The Balaban J connectivity index is 2.03. The summed E-state index contributed by atoms with van der Waals surface area (Å²) in [5.41, 5.74) is 1.46. The SMILES string of the molecule is O=C(Cc1ccc(Cl)c(Cl)c1)Nc1cccc(Cl)c1. The van der Waals surface area contributed by atoms with Crippen molar-refractivity contribution in [1.82, 2.24) is 0 Å². The van der Waals surface area contributed by atoms with E-state index in [1.165, 1.54) is 0 Å². The third kappa shape index (κ3) is 4.13. The van der Waals surface area contributed by atoms with Crippen LogP contribution in [0.25, 0.3) is 0 Å². The molecule has 0 unspecified atom stereocenters. The van der Waals surface area contributed by atoms with Gasteiger partial charge < -0.3 is 5.32 Å². The summed E-state index contributed by atoms with van der Waals surface area (Å²) in [6.45, 7) is 0. The number of amides is 1. The standard InChI is InChI=1S/C14H10Cl3NO/c15-10-2-1-3-11(8-10)18-14(19)7-9-4-5-12(16)13(17)6-9/h1-6,8H,7H2,(H,18,19). The molecule has 2 nitrogen and oxygen atoms in total. The van der Waals surface area contributed by atoms with Gasteiger partial charge in [0.2, 0.25) is 5.91 Å². The predicted molar refractivity (Wildman–Crippen MR) is 80.2 cm³/mol. The molecule has 1 N–H and O–H groups in total. The Morgan fingerprint density at radius 3 is 2.47 bits per heavy atom. The quantitative estimate of drug-likeness (QED) is 0.864. The number of hydrogen-bond donors (Lipinski definition) is 1. The van der Waals surface area contributed by atoms with E-state index in [1.807, 2.05) is 0 Å². The third-order valence-electron chi connectivity index (χ3n) is 2.46. The zero-order valence-electron chi connectivity index (χ0n) is 9.79. The van der Waals surface area contributed by atoms with E-state index < -0.39 is 0 Å². The van der Waals surface area contributed by atoms with Gasteiger partial charge >= 0.3 is 0 Å². The number of carbonyl (C=O) groups excluding carboxylic acids is 1. The molecule has 0 aliphatic heterocycles. The molecule has 98 valence electrons. The normalized spacial score (nSPS) is 10.3. The lowest BCUT2D eigenvalue weighted by Crippen LogP contribution is -2.14. The maximum atomic E-state index is 11.9. The molecule has 0 fully saturated rings. The highest BCUT2D eigenvalue weighted by molar-refractivity contribution is 6.42. The van der Waals surface area contributed by atoms with Gasteiger partial charge in [-0.2, -0.15) is 0 Å². The summed E-state index contributed by atoms with van der Waals surface area (Å²) in [6, 6.07) is 12.1.